The normalized spacial score (nSPS) is 11.8. The minimum absolute atomic E-state index is 0.180. The van der Waals surface area contributed by atoms with Gasteiger partial charge in [-0.3, -0.25) is 0 Å². The summed E-state index contributed by atoms with van der Waals surface area (Å²) in [5.41, 5.74) is 3.62. The first-order valence-corrected chi connectivity index (χ1v) is 6.88. The molecule has 5 heteroatoms. The van der Waals surface area contributed by atoms with Crippen LogP contribution < -0.4 is 5.43 Å². The number of anilines is 1. The third kappa shape index (κ3) is 3.21. The fraction of sp³-hybridized carbons (Fsp3) is 0.455. The Balaban J connectivity index is 3.13. The van der Waals surface area contributed by atoms with Crippen LogP contribution in [-0.4, -0.2) is 33.3 Å². The lowest BCUT2D eigenvalue weighted by atomic mass is 10.3. The highest BCUT2D eigenvalue weighted by Gasteiger charge is 2.17. The van der Waals surface area contributed by atoms with Crippen LogP contribution >= 0.6 is 0 Å². The molecule has 0 bridgehead atoms. The van der Waals surface area contributed by atoms with E-state index in [0.717, 1.165) is 0 Å². The van der Waals surface area contributed by atoms with Gasteiger partial charge in [0.1, 0.15) is 0 Å². The molecule has 16 heavy (non-hydrogen) atoms. The molecule has 0 spiro atoms. The Morgan fingerprint density at radius 2 is 1.88 bits per heavy atom. The zero-order valence-corrected chi connectivity index (χ0v) is 10.7. The van der Waals surface area contributed by atoms with Crippen LogP contribution in [0, 0.1) is 0 Å². The van der Waals surface area contributed by atoms with Crippen molar-refractivity contribution in [1.29, 1.82) is 0 Å². The summed E-state index contributed by atoms with van der Waals surface area (Å²) in [4.78, 5) is 0.366. The number of hydrogen-bond acceptors (Lipinski definition) is 4. The summed E-state index contributed by atoms with van der Waals surface area (Å²) < 4.78 is 24.0. The van der Waals surface area contributed by atoms with Gasteiger partial charge in [0.25, 0.3) is 0 Å². The molecule has 0 saturated carbocycles. The third-order valence-electron chi connectivity index (χ3n) is 2.04. The number of hydrogen-bond donors (Lipinski definition) is 1. The molecule has 0 aliphatic carbocycles. The summed E-state index contributed by atoms with van der Waals surface area (Å²) in [5, 5.41) is 1.72. The van der Waals surface area contributed by atoms with Crippen molar-refractivity contribution in [2.45, 2.75) is 18.2 Å². The van der Waals surface area contributed by atoms with Crippen molar-refractivity contribution in [1.82, 2.24) is 5.01 Å². The average Bonchev–Trinajstić information content (AvgIpc) is 2.17. The minimum atomic E-state index is -3.18. The molecule has 1 aromatic carbocycles. The lowest BCUT2D eigenvalue weighted by molar-refractivity contribution is 0.493. The zero-order chi connectivity index (χ0) is 12.2. The van der Waals surface area contributed by atoms with Crippen molar-refractivity contribution >= 4 is 15.5 Å². The van der Waals surface area contributed by atoms with Gasteiger partial charge < -0.3 is 5.43 Å². The molecule has 0 heterocycles. The standard InChI is InChI=1S/C11H18N2O2S/c1-4-9-16(14,15)11-8-6-5-7-10(11)12-13(2)3/h5-8,12H,4,9H2,1-3H3. The van der Waals surface area contributed by atoms with Crippen LogP contribution in [0.2, 0.25) is 0 Å². The molecular formula is C11H18N2O2S. The lowest BCUT2D eigenvalue weighted by Gasteiger charge is -2.16. The van der Waals surface area contributed by atoms with Gasteiger partial charge in [0, 0.05) is 14.1 Å². The van der Waals surface area contributed by atoms with E-state index in [1.54, 1.807) is 23.2 Å². The molecule has 0 atom stereocenters. The number of benzene rings is 1. The van der Waals surface area contributed by atoms with E-state index in [9.17, 15) is 8.42 Å². The monoisotopic (exact) mass is 242 g/mol. The molecule has 0 aliphatic heterocycles. The van der Waals surface area contributed by atoms with Crippen LogP contribution in [0.4, 0.5) is 5.69 Å². The number of para-hydroxylation sites is 1. The van der Waals surface area contributed by atoms with Crippen LogP contribution in [0.1, 0.15) is 13.3 Å². The van der Waals surface area contributed by atoms with Crippen molar-refractivity contribution in [3.05, 3.63) is 24.3 Å². The number of nitrogens with zero attached hydrogens (tertiary/aromatic N) is 1. The summed E-state index contributed by atoms with van der Waals surface area (Å²) in [6.07, 6.45) is 0.624. The second-order valence-corrected chi connectivity index (χ2v) is 5.90. The molecule has 0 saturated heterocycles. The van der Waals surface area contributed by atoms with Gasteiger partial charge in [0.2, 0.25) is 0 Å². The van der Waals surface area contributed by atoms with E-state index in [2.05, 4.69) is 5.43 Å². The quantitative estimate of drug-likeness (QED) is 0.799. The second kappa shape index (κ2) is 5.32. The van der Waals surface area contributed by atoms with Gasteiger partial charge >= 0.3 is 0 Å². The van der Waals surface area contributed by atoms with Crippen molar-refractivity contribution in [2.75, 3.05) is 25.3 Å². The maximum atomic E-state index is 12.0. The highest BCUT2D eigenvalue weighted by Crippen LogP contribution is 2.22. The number of rotatable bonds is 5. The van der Waals surface area contributed by atoms with Crippen LogP contribution in [0.5, 0.6) is 0 Å². The SMILES string of the molecule is CCCS(=O)(=O)c1ccccc1NN(C)C. The van der Waals surface area contributed by atoms with Gasteiger partial charge in [-0.1, -0.05) is 19.1 Å². The summed E-state index contributed by atoms with van der Waals surface area (Å²) in [6.45, 7) is 1.86. The topological polar surface area (TPSA) is 49.4 Å². The van der Waals surface area contributed by atoms with E-state index in [4.69, 9.17) is 0 Å². The van der Waals surface area contributed by atoms with Crippen molar-refractivity contribution in [3.8, 4) is 0 Å². The Bertz CT molecular complexity index is 441. The van der Waals surface area contributed by atoms with Crippen LogP contribution in [0.15, 0.2) is 29.2 Å². The van der Waals surface area contributed by atoms with E-state index in [-0.39, 0.29) is 5.75 Å². The molecule has 1 aromatic rings. The third-order valence-corrected chi connectivity index (χ3v) is 4.01. The van der Waals surface area contributed by atoms with Crippen molar-refractivity contribution in [2.24, 2.45) is 0 Å². The fourth-order valence-electron chi connectivity index (χ4n) is 1.45. The van der Waals surface area contributed by atoms with Crippen LogP contribution in [-0.2, 0) is 9.84 Å². The first kappa shape index (κ1) is 13.0. The van der Waals surface area contributed by atoms with Crippen LogP contribution in [0.3, 0.4) is 0 Å². The molecule has 90 valence electrons. The maximum Gasteiger partial charge on any atom is 0.180 e. The predicted octanol–water partition coefficient (Wildman–Crippen LogP) is 1.76. The summed E-state index contributed by atoms with van der Waals surface area (Å²) in [5.74, 6) is 0.180. The molecule has 0 amide bonds. The summed E-state index contributed by atoms with van der Waals surface area (Å²) in [7, 11) is 0.469. The summed E-state index contributed by atoms with van der Waals surface area (Å²) in [6, 6.07) is 6.96. The lowest BCUT2D eigenvalue weighted by Crippen LogP contribution is -2.21. The Hall–Kier alpha value is -1.07. The first-order chi connectivity index (χ1) is 7.47. The van der Waals surface area contributed by atoms with E-state index in [0.29, 0.717) is 17.0 Å². The Kier molecular flexibility index (Phi) is 4.32. The van der Waals surface area contributed by atoms with E-state index < -0.39 is 9.84 Å². The van der Waals surface area contributed by atoms with Gasteiger partial charge in [-0.05, 0) is 18.6 Å². The van der Waals surface area contributed by atoms with E-state index >= 15 is 0 Å². The van der Waals surface area contributed by atoms with Gasteiger partial charge in [0.05, 0.1) is 16.3 Å². The molecule has 4 nitrogen and oxygen atoms in total. The highest BCUT2D eigenvalue weighted by molar-refractivity contribution is 7.91. The number of sulfone groups is 1. The molecule has 0 aliphatic rings. The van der Waals surface area contributed by atoms with Gasteiger partial charge in [0.15, 0.2) is 9.84 Å². The minimum Gasteiger partial charge on any atom is -0.318 e. The largest absolute Gasteiger partial charge is 0.318 e. The second-order valence-electron chi connectivity index (χ2n) is 3.82. The Morgan fingerprint density at radius 1 is 1.25 bits per heavy atom. The molecular weight excluding hydrogens is 224 g/mol. The van der Waals surface area contributed by atoms with E-state index in [1.807, 2.05) is 27.1 Å². The Labute approximate surface area is 97.2 Å². The average molecular weight is 242 g/mol. The van der Waals surface area contributed by atoms with Gasteiger partial charge in [-0.2, -0.15) is 0 Å². The van der Waals surface area contributed by atoms with Crippen molar-refractivity contribution in [3.63, 3.8) is 0 Å². The molecule has 0 unspecified atom stereocenters. The zero-order valence-electron chi connectivity index (χ0n) is 9.90. The number of nitrogens with one attached hydrogen (secondary N) is 1. The number of hydrazine groups is 1. The maximum absolute atomic E-state index is 12.0. The van der Waals surface area contributed by atoms with Gasteiger partial charge in [-0.25, -0.2) is 13.4 Å². The van der Waals surface area contributed by atoms with Crippen LogP contribution in [0.25, 0.3) is 0 Å². The summed E-state index contributed by atoms with van der Waals surface area (Å²) >= 11 is 0. The van der Waals surface area contributed by atoms with E-state index in [1.165, 1.54) is 0 Å². The Morgan fingerprint density at radius 3 is 2.44 bits per heavy atom. The molecule has 1 N–H and O–H groups in total. The fourth-order valence-corrected chi connectivity index (χ4v) is 2.94. The molecule has 1 rings (SSSR count). The van der Waals surface area contributed by atoms with Crippen molar-refractivity contribution < 1.29 is 8.42 Å². The predicted molar refractivity (Wildman–Crippen MR) is 66.1 cm³/mol. The van der Waals surface area contributed by atoms with Gasteiger partial charge in [-0.15, -0.1) is 0 Å². The molecule has 0 fully saturated rings. The first-order valence-electron chi connectivity index (χ1n) is 5.23. The highest BCUT2D eigenvalue weighted by atomic mass is 32.2. The smallest absolute Gasteiger partial charge is 0.180 e. The molecule has 0 aromatic heterocycles. The molecule has 0 radical (unpaired) electrons.